The Kier molecular flexibility index (Phi) is 5.62. The highest BCUT2D eigenvalue weighted by atomic mass is 32.2. The smallest absolute Gasteiger partial charge is 0.316 e. The fourth-order valence-corrected chi connectivity index (χ4v) is 3.82. The molecule has 0 aliphatic heterocycles. The maximum atomic E-state index is 11.7. The lowest BCUT2D eigenvalue weighted by molar-refractivity contribution is -0.141. The Morgan fingerprint density at radius 3 is 2.88 bits per heavy atom. The fourth-order valence-electron chi connectivity index (χ4n) is 1.67. The predicted molar refractivity (Wildman–Crippen MR) is 96.7 cm³/mol. The molecule has 2 aromatic heterocycles. The molecule has 0 amide bonds. The zero-order chi connectivity index (χ0) is 16.8. The normalized spacial score (nSPS) is 10.5. The van der Waals surface area contributed by atoms with Crippen molar-refractivity contribution in [1.29, 1.82) is 0 Å². The zero-order valence-electron chi connectivity index (χ0n) is 12.3. The molecule has 7 nitrogen and oxygen atoms in total. The molecule has 124 valence electrons. The summed E-state index contributed by atoms with van der Waals surface area (Å²) in [5, 5.41) is 13.7. The van der Waals surface area contributed by atoms with Crippen LogP contribution in [-0.4, -0.2) is 26.9 Å². The number of aromatic nitrogens is 3. The van der Waals surface area contributed by atoms with Crippen LogP contribution in [-0.2, 0) is 16.1 Å². The van der Waals surface area contributed by atoms with Gasteiger partial charge in [0.1, 0.15) is 6.61 Å². The summed E-state index contributed by atoms with van der Waals surface area (Å²) in [5.41, 5.74) is 7.15. The van der Waals surface area contributed by atoms with E-state index in [0.717, 1.165) is 10.8 Å². The number of nitrogens with two attached hydrogens (primary N) is 1. The van der Waals surface area contributed by atoms with Crippen LogP contribution >= 0.6 is 34.4 Å². The van der Waals surface area contributed by atoms with Gasteiger partial charge >= 0.3 is 5.97 Å². The van der Waals surface area contributed by atoms with Crippen LogP contribution in [0.15, 0.2) is 40.1 Å². The number of hydrogen-bond donors (Lipinski definition) is 2. The molecule has 0 aliphatic carbocycles. The van der Waals surface area contributed by atoms with Gasteiger partial charge in [0, 0.05) is 11.1 Å². The number of ether oxygens (including phenoxy) is 1. The number of nitrogens with zero attached hydrogens (tertiary/aromatic N) is 3. The number of carbonyl (C=O) groups excluding carboxylic acids is 1. The molecular weight excluding hydrogens is 366 g/mol. The molecule has 0 atom stereocenters. The molecule has 0 radical (unpaired) electrons. The first-order valence-electron chi connectivity index (χ1n) is 6.83. The molecular formula is C14H13N5O2S3. The van der Waals surface area contributed by atoms with Crippen LogP contribution in [0.25, 0.3) is 0 Å². The van der Waals surface area contributed by atoms with E-state index in [4.69, 9.17) is 10.5 Å². The fraction of sp³-hybridized carbons (Fsp3) is 0.143. The Hall–Kier alpha value is -2.17. The second-order valence-electron chi connectivity index (χ2n) is 4.49. The summed E-state index contributed by atoms with van der Waals surface area (Å²) in [6.45, 7) is 0.143. The van der Waals surface area contributed by atoms with Crippen molar-refractivity contribution in [2.75, 3.05) is 16.8 Å². The molecule has 0 aliphatic rings. The molecule has 3 N–H and O–H groups in total. The van der Waals surface area contributed by atoms with Gasteiger partial charge in [0.25, 0.3) is 0 Å². The third-order valence-electron chi connectivity index (χ3n) is 2.69. The lowest BCUT2D eigenvalue weighted by Crippen LogP contribution is -2.07. The molecule has 0 spiro atoms. The minimum atomic E-state index is -0.334. The summed E-state index contributed by atoms with van der Waals surface area (Å²) in [6.07, 6.45) is 0. The summed E-state index contributed by atoms with van der Waals surface area (Å²) in [4.78, 5) is 16.1. The first-order valence-corrected chi connectivity index (χ1v) is 9.51. The molecule has 0 saturated heterocycles. The van der Waals surface area contributed by atoms with Crippen LogP contribution < -0.4 is 11.1 Å². The molecule has 1 aromatic carbocycles. The van der Waals surface area contributed by atoms with Crippen LogP contribution in [0.3, 0.4) is 0 Å². The summed E-state index contributed by atoms with van der Waals surface area (Å²) in [6, 6.07) is 9.76. The van der Waals surface area contributed by atoms with Gasteiger partial charge in [-0.05, 0) is 12.1 Å². The lowest BCUT2D eigenvalue weighted by Gasteiger charge is -2.02. The van der Waals surface area contributed by atoms with E-state index in [-0.39, 0.29) is 18.3 Å². The second-order valence-corrected chi connectivity index (χ2v) is 7.58. The van der Waals surface area contributed by atoms with Gasteiger partial charge in [-0.1, -0.05) is 41.3 Å². The lowest BCUT2D eigenvalue weighted by atomic mass is 10.3. The molecule has 24 heavy (non-hydrogen) atoms. The van der Waals surface area contributed by atoms with Crippen molar-refractivity contribution in [1.82, 2.24) is 15.2 Å². The van der Waals surface area contributed by atoms with Gasteiger partial charge in [-0.3, -0.25) is 4.79 Å². The molecule has 0 saturated carbocycles. The number of nitrogen functional groups attached to an aromatic ring is 1. The van der Waals surface area contributed by atoms with Crippen LogP contribution in [0, 0.1) is 0 Å². The van der Waals surface area contributed by atoms with E-state index >= 15 is 0 Å². The largest absolute Gasteiger partial charge is 0.459 e. The third kappa shape index (κ3) is 4.91. The molecule has 2 heterocycles. The predicted octanol–water partition coefficient (Wildman–Crippen LogP) is 3.16. The highest BCUT2D eigenvalue weighted by Gasteiger charge is 2.10. The number of anilines is 3. The van der Waals surface area contributed by atoms with Gasteiger partial charge < -0.3 is 15.8 Å². The van der Waals surface area contributed by atoms with Gasteiger partial charge in [0.05, 0.1) is 11.4 Å². The number of benzene rings is 1. The van der Waals surface area contributed by atoms with Crippen LogP contribution in [0.2, 0.25) is 0 Å². The van der Waals surface area contributed by atoms with Crippen molar-refractivity contribution in [2.24, 2.45) is 0 Å². The first-order chi connectivity index (χ1) is 11.7. The van der Waals surface area contributed by atoms with Gasteiger partial charge in [0.2, 0.25) is 5.13 Å². The average Bonchev–Trinajstić information content (AvgIpc) is 3.21. The first kappa shape index (κ1) is 16.7. The molecule has 0 bridgehead atoms. The number of rotatable bonds is 7. The van der Waals surface area contributed by atoms with Crippen molar-refractivity contribution in [3.63, 3.8) is 0 Å². The van der Waals surface area contributed by atoms with E-state index in [2.05, 4.69) is 20.5 Å². The monoisotopic (exact) mass is 379 g/mol. The standard InChI is InChI=1S/C14H13N5O2S3/c15-12-18-19-14(24-12)23-8-11(20)21-6-10-7-22-13(17-10)16-9-4-2-1-3-5-9/h1-5,7H,6,8H2,(H2,15,18)(H,16,17). The highest BCUT2D eigenvalue weighted by molar-refractivity contribution is 8.01. The van der Waals surface area contributed by atoms with Crippen molar-refractivity contribution in [3.05, 3.63) is 41.4 Å². The zero-order valence-corrected chi connectivity index (χ0v) is 14.8. The number of thiazole rings is 1. The van der Waals surface area contributed by atoms with E-state index in [1.165, 1.54) is 34.4 Å². The number of carbonyl (C=O) groups is 1. The molecule has 3 rings (SSSR count). The Labute approximate surface area is 150 Å². The summed E-state index contributed by atoms with van der Waals surface area (Å²) in [5.74, 6) is -0.173. The molecule has 0 fully saturated rings. The van der Waals surface area contributed by atoms with Crippen molar-refractivity contribution < 1.29 is 9.53 Å². The third-order valence-corrected chi connectivity index (χ3v) is 5.36. The quantitative estimate of drug-likeness (QED) is 0.477. The van der Waals surface area contributed by atoms with Crippen molar-refractivity contribution in [2.45, 2.75) is 10.9 Å². The van der Waals surface area contributed by atoms with E-state index in [0.29, 0.717) is 15.2 Å². The Bertz CT molecular complexity index is 806. The van der Waals surface area contributed by atoms with Gasteiger partial charge in [-0.25, -0.2) is 4.98 Å². The van der Waals surface area contributed by atoms with E-state index in [9.17, 15) is 4.79 Å². The molecule has 0 unspecified atom stereocenters. The van der Waals surface area contributed by atoms with E-state index in [1.807, 2.05) is 35.7 Å². The van der Waals surface area contributed by atoms with Crippen LogP contribution in [0.5, 0.6) is 0 Å². The van der Waals surface area contributed by atoms with Crippen molar-refractivity contribution in [3.8, 4) is 0 Å². The van der Waals surface area contributed by atoms with Crippen LogP contribution in [0.4, 0.5) is 16.0 Å². The van der Waals surface area contributed by atoms with Crippen molar-refractivity contribution >= 4 is 56.4 Å². The maximum Gasteiger partial charge on any atom is 0.316 e. The van der Waals surface area contributed by atoms with Crippen LogP contribution in [0.1, 0.15) is 5.69 Å². The second kappa shape index (κ2) is 8.08. The maximum absolute atomic E-state index is 11.7. The van der Waals surface area contributed by atoms with E-state index < -0.39 is 0 Å². The minimum Gasteiger partial charge on any atom is -0.459 e. The topological polar surface area (TPSA) is 103 Å². The number of thioether (sulfide) groups is 1. The average molecular weight is 379 g/mol. The number of nitrogens with one attached hydrogen (secondary N) is 1. The molecule has 3 aromatic rings. The Morgan fingerprint density at radius 1 is 1.29 bits per heavy atom. The van der Waals surface area contributed by atoms with Gasteiger partial charge in [-0.15, -0.1) is 21.5 Å². The number of para-hydroxylation sites is 1. The van der Waals surface area contributed by atoms with Gasteiger partial charge in [0.15, 0.2) is 9.47 Å². The summed E-state index contributed by atoms with van der Waals surface area (Å²) in [7, 11) is 0. The molecule has 10 heteroatoms. The summed E-state index contributed by atoms with van der Waals surface area (Å²) < 4.78 is 5.85. The minimum absolute atomic E-state index is 0.143. The van der Waals surface area contributed by atoms with Gasteiger partial charge in [-0.2, -0.15) is 0 Å². The number of esters is 1. The number of hydrogen-bond acceptors (Lipinski definition) is 10. The summed E-state index contributed by atoms with van der Waals surface area (Å²) >= 11 is 3.95. The van der Waals surface area contributed by atoms with E-state index in [1.54, 1.807) is 0 Å². The Balaban J connectivity index is 1.44. The highest BCUT2D eigenvalue weighted by Crippen LogP contribution is 2.24. The Morgan fingerprint density at radius 2 is 2.12 bits per heavy atom. The SMILES string of the molecule is Nc1nnc(SCC(=O)OCc2csc(Nc3ccccc3)n2)s1.